The number of thiocarbonyl (C=S) groups is 2. The summed E-state index contributed by atoms with van der Waals surface area (Å²) in [5, 5.41) is 19.9. The standard InChI is InChI=1S/C47H67N7O10S2/c1-33-27-38(28-34(2)44(33)45(59)54-40(46(60)61)30-52-42(57)20-19-41(56)35-13-11-14-36(29-35)53-47(48)49)64-24-10-7-16-37(55)15-5-3-9-22-51-43(58)31-63-26-25-62-23-12-18-39(66)17-6-4-8-21-50-32-65/h11,13-14,27-29,40H,3-10,12,15-26,30-31H2,1-2H3,(H,51,58)(H,52,57)(H,54,59)(H,60,61)(H4,48,49,53)/t40-/m0/s1. The fourth-order valence-corrected chi connectivity index (χ4v) is 7.01. The second-order valence-corrected chi connectivity index (χ2v) is 16.5. The van der Waals surface area contributed by atoms with Crippen molar-refractivity contribution >= 4 is 81.4 Å². The van der Waals surface area contributed by atoms with Crippen LogP contribution in [0, 0.1) is 13.8 Å². The van der Waals surface area contributed by atoms with E-state index < -0.39 is 30.4 Å². The third-order valence-corrected chi connectivity index (χ3v) is 10.6. The number of ketones is 2. The van der Waals surface area contributed by atoms with Gasteiger partial charge < -0.3 is 46.7 Å². The lowest BCUT2D eigenvalue weighted by Gasteiger charge is -2.18. The highest BCUT2D eigenvalue weighted by atomic mass is 32.1. The molecule has 8 N–H and O–H groups in total. The maximum absolute atomic E-state index is 13.2. The van der Waals surface area contributed by atoms with Gasteiger partial charge in [0.05, 0.1) is 30.7 Å². The number of aliphatic imine (C=N–C) groups is 2. The third-order valence-electron chi connectivity index (χ3n) is 10.1. The topological polar surface area (TPSA) is 263 Å². The van der Waals surface area contributed by atoms with Crippen molar-refractivity contribution < 1.29 is 48.1 Å². The van der Waals surface area contributed by atoms with Crippen LogP contribution in [0.4, 0.5) is 5.69 Å². The minimum Gasteiger partial charge on any atom is -0.494 e. The van der Waals surface area contributed by atoms with Crippen molar-refractivity contribution in [3.05, 3.63) is 58.7 Å². The van der Waals surface area contributed by atoms with Gasteiger partial charge in [-0.25, -0.2) is 14.8 Å². The highest BCUT2D eigenvalue weighted by Crippen LogP contribution is 2.23. The van der Waals surface area contributed by atoms with Crippen LogP contribution in [0.25, 0.3) is 0 Å². The number of nitrogens with two attached hydrogens (primary N) is 2. The predicted octanol–water partition coefficient (Wildman–Crippen LogP) is 5.81. The lowest BCUT2D eigenvalue weighted by atomic mass is 10.0. The van der Waals surface area contributed by atoms with E-state index in [0.717, 1.165) is 69.2 Å². The number of nitrogens with one attached hydrogen (secondary N) is 3. The molecular weight excluding hydrogens is 887 g/mol. The van der Waals surface area contributed by atoms with Crippen LogP contribution in [0.2, 0.25) is 0 Å². The number of hydrogen-bond donors (Lipinski definition) is 6. The van der Waals surface area contributed by atoms with E-state index >= 15 is 0 Å². The first-order valence-electron chi connectivity index (χ1n) is 22.5. The number of ether oxygens (including phenoxy) is 3. The van der Waals surface area contributed by atoms with E-state index in [1.165, 1.54) is 6.07 Å². The first-order chi connectivity index (χ1) is 31.7. The van der Waals surface area contributed by atoms with E-state index in [0.29, 0.717) is 86.8 Å². The molecule has 0 aliphatic rings. The molecule has 0 radical (unpaired) electrons. The van der Waals surface area contributed by atoms with Gasteiger partial charge in [0.25, 0.3) is 5.91 Å². The number of carbonyl (C=O) groups excluding carboxylic acids is 5. The Morgan fingerprint density at radius 2 is 1.44 bits per heavy atom. The summed E-state index contributed by atoms with van der Waals surface area (Å²) in [5.41, 5.74) is 12.9. The molecule has 2 aromatic carbocycles. The Hall–Kier alpha value is -5.46. The summed E-state index contributed by atoms with van der Waals surface area (Å²) < 4.78 is 16.9. The maximum atomic E-state index is 13.2. The number of rotatable bonds is 37. The quantitative estimate of drug-likeness (QED) is 0.0154. The molecule has 2 rings (SSSR count). The van der Waals surface area contributed by atoms with E-state index in [1.54, 1.807) is 44.2 Å². The summed E-state index contributed by atoms with van der Waals surface area (Å²) in [4.78, 5) is 83.6. The van der Waals surface area contributed by atoms with E-state index in [1.807, 2.05) is 0 Å². The number of benzene rings is 2. The Labute approximate surface area is 398 Å². The number of carboxylic acid groups (broad SMARTS) is 1. The van der Waals surface area contributed by atoms with Gasteiger partial charge in [-0.2, -0.15) is 0 Å². The first-order valence-corrected chi connectivity index (χ1v) is 23.3. The molecule has 2 aromatic rings. The molecule has 3 amide bonds. The normalized spacial score (nSPS) is 11.1. The Morgan fingerprint density at radius 3 is 2.15 bits per heavy atom. The van der Waals surface area contributed by atoms with Gasteiger partial charge in [0.1, 0.15) is 24.2 Å². The molecule has 0 aliphatic heterocycles. The molecule has 19 heteroatoms. The molecule has 362 valence electrons. The number of nitrogens with zero attached hydrogens (tertiary/aromatic N) is 2. The predicted molar refractivity (Wildman–Crippen MR) is 261 cm³/mol. The van der Waals surface area contributed by atoms with Crippen molar-refractivity contribution in [2.24, 2.45) is 21.5 Å². The smallest absolute Gasteiger partial charge is 0.328 e. The second kappa shape index (κ2) is 33.9. The van der Waals surface area contributed by atoms with E-state index in [4.69, 9.17) is 37.9 Å². The molecule has 0 heterocycles. The van der Waals surface area contributed by atoms with Crippen LogP contribution in [0.3, 0.4) is 0 Å². The molecule has 0 spiro atoms. The zero-order valence-corrected chi connectivity index (χ0v) is 39.9. The van der Waals surface area contributed by atoms with Gasteiger partial charge in [0.15, 0.2) is 11.7 Å². The largest absolute Gasteiger partial charge is 0.494 e. The molecule has 0 aromatic heterocycles. The lowest BCUT2D eigenvalue weighted by Crippen LogP contribution is -2.48. The minimum atomic E-state index is -1.43. The van der Waals surface area contributed by atoms with E-state index in [2.05, 4.69) is 43.3 Å². The Bertz CT molecular complexity index is 1960. The van der Waals surface area contributed by atoms with E-state index in [9.17, 15) is 33.9 Å². The summed E-state index contributed by atoms with van der Waals surface area (Å²) in [6, 6.07) is 8.23. The fourth-order valence-electron chi connectivity index (χ4n) is 6.63. The van der Waals surface area contributed by atoms with Gasteiger partial charge in [0.2, 0.25) is 11.8 Å². The van der Waals surface area contributed by atoms with Crippen molar-refractivity contribution in [1.29, 1.82) is 0 Å². The molecule has 17 nitrogen and oxygen atoms in total. The number of unbranched alkanes of at least 4 members (excludes halogenated alkanes) is 5. The molecule has 66 heavy (non-hydrogen) atoms. The highest BCUT2D eigenvalue weighted by molar-refractivity contribution is 7.80. The average Bonchev–Trinajstić information content (AvgIpc) is 3.26. The summed E-state index contributed by atoms with van der Waals surface area (Å²) in [7, 11) is 0. The van der Waals surface area contributed by atoms with Crippen molar-refractivity contribution in [2.75, 3.05) is 52.7 Å². The van der Waals surface area contributed by atoms with Gasteiger partial charge in [-0.1, -0.05) is 37.2 Å². The fraction of sp³-hybridized carbons (Fsp3) is 0.553. The summed E-state index contributed by atoms with van der Waals surface area (Å²) in [6.45, 7) is 5.98. The average molecular weight is 954 g/mol. The third kappa shape index (κ3) is 25.9. The Kier molecular flexibility index (Phi) is 29.1. The van der Waals surface area contributed by atoms with Crippen LogP contribution in [-0.2, 0) is 28.7 Å². The van der Waals surface area contributed by atoms with Crippen molar-refractivity contribution in [1.82, 2.24) is 16.0 Å². The number of guanidine groups is 1. The molecule has 0 aliphatic carbocycles. The van der Waals surface area contributed by atoms with Gasteiger partial charge in [-0.3, -0.25) is 24.0 Å². The van der Waals surface area contributed by atoms with Gasteiger partial charge in [-0.05, 0) is 124 Å². The molecule has 0 bridgehead atoms. The summed E-state index contributed by atoms with van der Waals surface area (Å²) >= 11 is 9.99. The number of hydrogen-bond acceptors (Lipinski definition) is 13. The Balaban J connectivity index is 1.55. The van der Waals surface area contributed by atoms with Crippen LogP contribution in [-0.4, -0.2) is 115 Å². The van der Waals surface area contributed by atoms with Crippen LogP contribution < -0.4 is 32.2 Å². The second-order valence-electron chi connectivity index (χ2n) is 15.7. The van der Waals surface area contributed by atoms with Gasteiger partial charge in [-0.15, -0.1) is 0 Å². The number of carbonyl (C=O) groups is 6. The first kappa shape index (κ1) is 56.7. The number of carboxylic acids is 1. The van der Waals surface area contributed by atoms with Crippen LogP contribution in [0.5, 0.6) is 5.75 Å². The molecule has 0 saturated heterocycles. The van der Waals surface area contributed by atoms with Gasteiger partial charge in [0, 0.05) is 63.1 Å². The lowest BCUT2D eigenvalue weighted by molar-refractivity contribution is -0.139. The maximum Gasteiger partial charge on any atom is 0.328 e. The number of aryl methyl sites for hydroxylation is 2. The summed E-state index contributed by atoms with van der Waals surface area (Å²) in [6.07, 6.45) is 10.0. The number of Topliss-reactive ketones (excluding diaryl/α,β-unsaturated/α-hetero) is 2. The van der Waals surface area contributed by atoms with Crippen LogP contribution >= 0.6 is 24.4 Å². The monoisotopic (exact) mass is 953 g/mol. The van der Waals surface area contributed by atoms with Crippen LogP contribution in [0.15, 0.2) is 46.4 Å². The van der Waals surface area contributed by atoms with Crippen LogP contribution in [0.1, 0.15) is 128 Å². The molecule has 0 saturated carbocycles. The zero-order valence-electron chi connectivity index (χ0n) is 38.3. The molecule has 0 fully saturated rings. The molecular formula is C47H67N7O10S2. The highest BCUT2D eigenvalue weighted by Gasteiger charge is 2.24. The number of aliphatic carboxylic acids is 1. The minimum absolute atomic E-state index is 0.0251. The van der Waals surface area contributed by atoms with Crippen molar-refractivity contribution in [3.8, 4) is 5.75 Å². The molecule has 0 unspecified atom stereocenters. The summed E-state index contributed by atoms with van der Waals surface area (Å²) in [5.74, 6) is -2.49. The number of amides is 3. The zero-order chi connectivity index (χ0) is 48.5. The molecule has 1 atom stereocenters. The van der Waals surface area contributed by atoms with Gasteiger partial charge >= 0.3 is 5.97 Å². The van der Waals surface area contributed by atoms with Crippen molar-refractivity contribution in [2.45, 2.75) is 116 Å². The van der Waals surface area contributed by atoms with E-state index in [-0.39, 0.29) is 48.4 Å². The SMILES string of the molecule is Cc1cc(OCCCCC(=O)CCCCCNC(=O)COCCOCCCC(=S)CCCCCN=C=S)cc(C)c1C(=O)N[C@@H](CNC(=O)CCC(=O)c1cccc(N=C(N)N)c1)C(=O)O. The van der Waals surface area contributed by atoms with Crippen molar-refractivity contribution in [3.63, 3.8) is 0 Å². The Morgan fingerprint density at radius 1 is 0.758 bits per heavy atom. The number of isothiocyanates is 1.